The first-order valence-electron chi connectivity index (χ1n) is 5.30. The lowest BCUT2D eigenvalue weighted by atomic mass is 9.92. The number of hydrogen-bond donors (Lipinski definition) is 1. The van der Waals surface area contributed by atoms with Gasteiger partial charge in [0.05, 0.1) is 6.54 Å². The summed E-state index contributed by atoms with van der Waals surface area (Å²) in [5.74, 6) is 0.681. The molecule has 0 aromatic carbocycles. The van der Waals surface area contributed by atoms with Crippen LogP contribution in [0.1, 0.15) is 32.1 Å². The van der Waals surface area contributed by atoms with E-state index >= 15 is 0 Å². The minimum Gasteiger partial charge on any atom is -0.369 e. The zero-order valence-corrected chi connectivity index (χ0v) is 8.04. The molecule has 0 spiro atoms. The molecule has 74 valence electrons. The zero-order valence-electron chi connectivity index (χ0n) is 8.04. The summed E-state index contributed by atoms with van der Waals surface area (Å²) in [4.78, 5) is 13.1. The van der Waals surface area contributed by atoms with Crippen molar-refractivity contribution >= 4 is 5.91 Å². The maximum atomic E-state index is 10.8. The highest BCUT2D eigenvalue weighted by molar-refractivity contribution is 5.76. The molecule has 2 unspecified atom stereocenters. The van der Waals surface area contributed by atoms with E-state index < -0.39 is 0 Å². The Bertz CT molecular complexity index is 205. The Kier molecular flexibility index (Phi) is 2.54. The van der Waals surface area contributed by atoms with Gasteiger partial charge in [0.1, 0.15) is 0 Å². The van der Waals surface area contributed by atoms with Crippen molar-refractivity contribution in [3.63, 3.8) is 0 Å². The maximum absolute atomic E-state index is 10.8. The van der Waals surface area contributed by atoms with Crippen molar-refractivity contribution in [1.29, 1.82) is 0 Å². The number of nitrogens with zero attached hydrogens (tertiary/aromatic N) is 1. The second-order valence-electron chi connectivity index (χ2n) is 4.34. The van der Waals surface area contributed by atoms with E-state index in [1.54, 1.807) is 0 Å². The van der Waals surface area contributed by atoms with Crippen molar-refractivity contribution in [2.75, 3.05) is 13.1 Å². The molecule has 2 rings (SSSR count). The van der Waals surface area contributed by atoms with Crippen LogP contribution in [0.2, 0.25) is 0 Å². The fourth-order valence-corrected chi connectivity index (χ4v) is 2.95. The maximum Gasteiger partial charge on any atom is 0.231 e. The van der Waals surface area contributed by atoms with Crippen LogP contribution in [0.5, 0.6) is 0 Å². The summed E-state index contributed by atoms with van der Waals surface area (Å²) in [6.07, 6.45) is 6.58. The standard InChI is InChI=1S/C10H18N2O/c11-10(13)7-12-6-2-4-8-3-1-5-9(8)12/h8-9H,1-7H2,(H2,11,13). The first kappa shape index (κ1) is 9.00. The molecular weight excluding hydrogens is 164 g/mol. The SMILES string of the molecule is NC(=O)CN1CCCC2CCCC21. The van der Waals surface area contributed by atoms with Crippen molar-refractivity contribution in [3.8, 4) is 0 Å². The van der Waals surface area contributed by atoms with E-state index in [2.05, 4.69) is 4.90 Å². The highest BCUT2D eigenvalue weighted by Gasteiger charge is 2.35. The van der Waals surface area contributed by atoms with Gasteiger partial charge in [0.2, 0.25) is 5.91 Å². The van der Waals surface area contributed by atoms with E-state index in [1.807, 2.05) is 0 Å². The number of fused-ring (bicyclic) bond motifs is 1. The Morgan fingerprint density at radius 1 is 1.31 bits per heavy atom. The van der Waals surface area contributed by atoms with Crippen LogP contribution < -0.4 is 5.73 Å². The van der Waals surface area contributed by atoms with Gasteiger partial charge in [0.15, 0.2) is 0 Å². The number of nitrogens with two attached hydrogens (primary N) is 1. The Morgan fingerprint density at radius 3 is 2.85 bits per heavy atom. The quantitative estimate of drug-likeness (QED) is 0.684. The average molecular weight is 182 g/mol. The Labute approximate surface area is 79.3 Å². The van der Waals surface area contributed by atoms with Crippen molar-refractivity contribution in [2.45, 2.75) is 38.1 Å². The van der Waals surface area contributed by atoms with E-state index in [0.717, 1.165) is 12.5 Å². The van der Waals surface area contributed by atoms with Crippen molar-refractivity contribution in [1.82, 2.24) is 4.90 Å². The molecule has 1 saturated carbocycles. The van der Waals surface area contributed by atoms with E-state index in [0.29, 0.717) is 12.6 Å². The molecule has 1 amide bonds. The molecule has 3 heteroatoms. The van der Waals surface area contributed by atoms with E-state index in [9.17, 15) is 4.79 Å². The number of amides is 1. The number of likely N-dealkylation sites (tertiary alicyclic amines) is 1. The molecule has 2 N–H and O–H groups in total. The van der Waals surface area contributed by atoms with Gasteiger partial charge in [-0.25, -0.2) is 0 Å². The Morgan fingerprint density at radius 2 is 2.08 bits per heavy atom. The van der Waals surface area contributed by atoms with Crippen LogP contribution >= 0.6 is 0 Å². The van der Waals surface area contributed by atoms with Crippen molar-refractivity contribution < 1.29 is 4.79 Å². The molecule has 13 heavy (non-hydrogen) atoms. The van der Waals surface area contributed by atoms with Crippen LogP contribution in [0, 0.1) is 5.92 Å². The minimum absolute atomic E-state index is 0.174. The highest BCUT2D eigenvalue weighted by Crippen LogP contribution is 2.36. The average Bonchev–Trinajstić information content (AvgIpc) is 2.51. The topological polar surface area (TPSA) is 46.3 Å². The minimum atomic E-state index is -0.174. The van der Waals surface area contributed by atoms with Crippen LogP contribution in [-0.2, 0) is 4.79 Å². The molecule has 1 saturated heterocycles. The number of piperidine rings is 1. The molecule has 0 radical (unpaired) electrons. The van der Waals surface area contributed by atoms with Gasteiger partial charge in [-0.2, -0.15) is 0 Å². The third kappa shape index (κ3) is 1.85. The van der Waals surface area contributed by atoms with Crippen molar-refractivity contribution in [3.05, 3.63) is 0 Å². The monoisotopic (exact) mass is 182 g/mol. The van der Waals surface area contributed by atoms with Gasteiger partial charge in [-0.1, -0.05) is 6.42 Å². The molecule has 1 heterocycles. The summed E-state index contributed by atoms with van der Waals surface area (Å²) >= 11 is 0. The summed E-state index contributed by atoms with van der Waals surface area (Å²) in [5, 5.41) is 0. The molecule has 2 aliphatic rings. The number of carbonyl (C=O) groups excluding carboxylic acids is 1. The van der Waals surface area contributed by atoms with Crippen LogP contribution in [-0.4, -0.2) is 29.9 Å². The van der Waals surface area contributed by atoms with Gasteiger partial charge >= 0.3 is 0 Å². The summed E-state index contributed by atoms with van der Waals surface area (Å²) in [6, 6.07) is 0.668. The fourth-order valence-electron chi connectivity index (χ4n) is 2.95. The molecule has 0 bridgehead atoms. The Balaban J connectivity index is 1.97. The first-order chi connectivity index (χ1) is 6.27. The fraction of sp³-hybridized carbons (Fsp3) is 0.900. The highest BCUT2D eigenvalue weighted by atomic mass is 16.1. The number of primary amides is 1. The molecule has 0 aromatic heterocycles. The predicted octanol–water partition coefficient (Wildman–Crippen LogP) is 0.736. The van der Waals surface area contributed by atoms with Gasteiger partial charge < -0.3 is 5.73 Å². The molecule has 1 aliphatic heterocycles. The molecule has 2 atom stereocenters. The summed E-state index contributed by atoms with van der Waals surface area (Å²) in [5.41, 5.74) is 5.23. The summed E-state index contributed by atoms with van der Waals surface area (Å²) in [7, 11) is 0. The summed E-state index contributed by atoms with van der Waals surface area (Å²) < 4.78 is 0. The summed E-state index contributed by atoms with van der Waals surface area (Å²) in [6.45, 7) is 1.55. The van der Waals surface area contributed by atoms with Crippen LogP contribution in [0.3, 0.4) is 0 Å². The largest absolute Gasteiger partial charge is 0.369 e. The first-order valence-corrected chi connectivity index (χ1v) is 5.30. The van der Waals surface area contributed by atoms with Gasteiger partial charge in [0, 0.05) is 6.04 Å². The lowest BCUT2D eigenvalue weighted by Gasteiger charge is -2.36. The van der Waals surface area contributed by atoms with Crippen LogP contribution in [0.15, 0.2) is 0 Å². The third-order valence-corrected chi connectivity index (χ3v) is 3.47. The smallest absolute Gasteiger partial charge is 0.231 e. The van der Waals surface area contributed by atoms with E-state index in [1.165, 1.54) is 32.1 Å². The van der Waals surface area contributed by atoms with Gasteiger partial charge in [0.25, 0.3) is 0 Å². The van der Waals surface area contributed by atoms with Crippen LogP contribution in [0.25, 0.3) is 0 Å². The van der Waals surface area contributed by atoms with Crippen molar-refractivity contribution in [2.24, 2.45) is 11.7 Å². The number of carbonyl (C=O) groups is 1. The number of hydrogen-bond acceptors (Lipinski definition) is 2. The molecular formula is C10H18N2O. The molecule has 2 fully saturated rings. The second kappa shape index (κ2) is 3.66. The third-order valence-electron chi connectivity index (χ3n) is 3.47. The Hall–Kier alpha value is -0.570. The lowest BCUT2D eigenvalue weighted by molar-refractivity contribution is -0.120. The van der Waals surface area contributed by atoms with E-state index in [-0.39, 0.29) is 5.91 Å². The molecule has 0 aromatic rings. The predicted molar refractivity (Wildman–Crippen MR) is 51.1 cm³/mol. The number of rotatable bonds is 2. The molecule has 1 aliphatic carbocycles. The van der Waals surface area contributed by atoms with Gasteiger partial charge in [-0.15, -0.1) is 0 Å². The van der Waals surface area contributed by atoms with Gasteiger partial charge in [-0.05, 0) is 38.1 Å². The van der Waals surface area contributed by atoms with E-state index in [4.69, 9.17) is 5.73 Å². The van der Waals surface area contributed by atoms with Crippen LogP contribution in [0.4, 0.5) is 0 Å². The second-order valence-corrected chi connectivity index (χ2v) is 4.34. The molecule has 3 nitrogen and oxygen atoms in total. The zero-order chi connectivity index (χ0) is 9.26. The normalized spacial score (nSPS) is 34.5. The van der Waals surface area contributed by atoms with Gasteiger partial charge in [-0.3, -0.25) is 9.69 Å². The lowest BCUT2D eigenvalue weighted by Crippen LogP contribution is -2.46.